The van der Waals surface area contributed by atoms with Crippen molar-refractivity contribution in [2.45, 2.75) is 6.92 Å². The topological polar surface area (TPSA) is 62.9 Å². The number of likely N-dealkylation sites (N-methyl/N-ethyl adjacent to an activating group) is 1. The summed E-state index contributed by atoms with van der Waals surface area (Å²) in [5, 5.41) is 10.5. The molecule has 0 atom stereocenters. The molecule has 0 aliphatic carbocycles. The summed E-state index contributed by atoms with van der Waals surface area (Å²) in [7, 11) is 1.84. The minimum absolute atomic E-state index is 0.0128. The first-order chi connectivity index (χ1) is 9.13. The van der Waals surface area contributed by atoms with Gasteiger partial charge in [0.25, 0.3) is 0 Å². The maximum atomic E-state index is 12.0. The summed E-state index contributed by atoms with van der Waals surface area (Å²) >= 11 is 1.41. The molecule has 0 aliphatic rings. The summed E-state index contributed by atoms with van der Waals surface area (Å²) < 4.78 is 11.6. The summed E-state index contributed by atoms with van der Waals surface area (Å²) in [4.78, 5) is 13.8. The smallest absolute Gasteiger partial charge is 0.204 e. The van der Waals surface area contributed by atoms with Gasteiger partial charge in [0.2, 0.25) is 5.43 Å². The molecule has 2 aromatic rings. The highest BCUT2D eigenvalue weighted by Crippen LogP contribution is 2.25. The number of aliphatic hydroxyl groups is 1. The van der Waals surface area contributed by atoms with Crippen LogP contribution in [0.15, 0.2) is 20.7 Å². The number of aryl methyl sites for hydroxylation is 1. The zero-order chi connectivity index (χ0) is 13.8. The Morgan fingerprint density at radius 1 is 1.47 bits per heavy atom. The average molecular weight is 283 g/mol. The van der Waals surface area contributed by atoms with Gasteiger partial charge in [0.05, 0.1) is 19.8 Å². The molecule has 6 heteroatoms. The molecule has 0 amide bonds. The third-order valence-corrected chi connectivity index (χ3v) is 3.88. The fourth-order valence-corrected chi connectivity index (χ4v) is 2.59. The molecular formula is C13H17NO4S. The van der Waals surface area contributed by atoms with Gasteiger partial charge < -0.3 is 19.2 Å². The minimum Gasteiger partial charge on any atom is -0.439 e. The minimum atomic E-state index is -0.0162. The van der Waals surface area contributed by atoms with Crippen molar-refractivity contribution in [2.24, 2.45) is 0 Å². The van der Waals surface area contributed by atoms with E-state index >= 15 is 0 Å². The van der Waals surface area contributed by atoms with E-state index in [-0.39, 0.29) is 12.0 Å². The summed E-state index contributed by atoms with van der Waals surface area (Å²) in [6.07, 6.45) is 0. The zero-order valence-corrected chi connectivity index (χ0v) is 11.8. The molecule has 1 N–H and O–H groups in total. The quantitative estimate of drug-likeness (QED) is 0.816. The van der Waals surface area contributed by atoms with Crippen molar-refractivity contribution in [1.29, 1.82) is 0 Å². The molecule has 19 heavy (non-hydrogen) atoms. The highest BCUT2D eigenvalue weighted by atomic mass is 32.1. The van der Waals surface area contributed by atoms with Crippen LogP contribution in [0.3, 0.4) is 0 Å². The lowest BCUT2D eigenvalue weighted by atomic mass is 10.3. The first-order valence-corrected chi connectivity index (χ1v) is 6.93. The second-order valence-corrected chi connectivity index (χ2v) is 5.16. The highest BCUT2D eigenvalue weighted by Gasteiger charge is 2.11. The second-order valence-electron chi connectivity index (χ2n) is 4.28. The van der Waals surface area contributed by atoms with E-state index in [2.05, 4.69) is 0 Å². The van der Waals surface area contributed by atoms with Gasteiger partial charge in [-0.1, -0.05) is 0 Å². The maximum Gasteiger partial charge on any atom is 0.204 e. The van der Waals surface area contributed by atoms with Crippen molar-refractivity contribution in [2.75, 3.05) is 38.3 Å². The third kappa shape index (κ3) is 3.15. The van der Waals surface area contributed by atoms with Crippen LogP contribution in [0.4, 0.5) is 5.88 Å². The van der Waals surface area contributed by atoms with Crippen LogP contribution in [-0.4, -0.2) is 38.5 Å². The monoisotopic (exact) mass is 283 g/mol. The van der Waals surface area contributed by atoms with Crippen LogP contribution in [0.5, 0.6) is 0 Å². The zero-order valence-electron chi connectivity index (χ0n) is 11.0. The molecule has 2 rings (SSSR count). The Bertz CT molecular complexity index is 604. The van der Waals surface area contributed by atoms with Crippen LogP contribution in [0.25, 0.3) is 10.3 Å². The molecule has 0 fully saturated rings. The summed E-state index contributed by atoms with van der Waals surface area (Å²) in [5.74, 6) is 0.534. The lowest BCUT2D eigenvalue weighted by Gasteiger charge is -2.17. The number of rotatable bonds is 6. The summed E-state index contributed by atoms with van der Waals surface area (Å²) in [6.45, 7) is 3.33. The Morgan fingerprint density at radius 3 is 3.00 bits per heavy atom. The molecule has 0 aliphatic heterocycles. The Morgan fingerprint density at radius 2 is 2.26 bits per heavy atom. The largest absolute Gasteiger partial charge is 0.439 e. The van der Waals surface area contributed by atoms with Crippen LogP contribution in [-0.2, 0) is 4.74 Å². The van der Waals surface area contributed by atoms with Gasteiger partial charge in [-0.15, -0.1) is 11.3 Å². The van der Waals surface area contributed by atoms with E-state index in [4.69, 9.17) is 14.3 Å². The summed E-state index contributed by atoms with van der Waals surface area (Å²) in [5.41, 5.74) is 1.62. The molecular weight excluding hydrogens is 266 g/mol. The maximum absolute atomic E-state index is 12.0. The second kappa shape index (κ2) is 6.18. The van der Waals surface area contributed by atoms with E-state index in [0.717, 1.165) is 5.56 Å². The van der Waals surface area contributed by atoms with Crippen molar-refractivity contribution in [3.8, 4) is 0 Å². The van der Waals surface area contributed by atoms with Gasteiger partial charge in [-0.05, 0) is 12.3 Å². The van der Waals surface area contributed by atoms with E-state index in [1.807, 2.05) is 24.3 Å². The number of aliphatic hydroxyl groups excluding tert-OH is 1. The van der Waals surface area contributed by atoms with Gasteiger partial charge in [0.1, 0.15) is 4.70 Å². The molecule has 0 saturated heterocycles. The van der Waals surface area contributed by atoms with Gasteiger partial charge >= 0.3 is 0 Å². The number of hydrogen-bond donors (Lipinski definition) is 1. The molecule has 5 nitrogen and oxygen atoms in total. The Labute approximate surface area is 115 Å². The predicted octanol–water partition coefficient (Wildman–Crippen LogP) is 1.61. The van der Waals surface area contributed by atoms with Gasteiger partial charge in [-0.3, -0.25) is 4.79 Å². The van der Waals surface area contributed by atoms with Crippen LogP contribution >= 0.6 is 11.3 Å². The summed E-state index contributed by atoms with van der Waals surface area (Å²) in [6, 6.07) is 1.50. The van der Waals surface area contributed by atoms with Crippen LogP contribution in [0.1, 0.15) is 5.56 Å². The molecule has 0 unspecified atom stereocenters. The molecule has 0 spiro atoms. The van der Waals surface area contributed by atoms with Crippen molar-refractivity contribution >= 4 is 27.5 Å². The third-order valence-electron chi connectivity index (χ3n) is 2.79. The SMILES string of the molecule is Cc1csc2c(=O)cc(N(C)CCOCCO)oc12. The van der Waals surface area contributed by atoms with E-state index in [9.17, 15) is 4.79 Å². The number of fused-ring (bicyclic) bond motifs is 1. The molecule has 0 saturated carbocycles. The predicted molar refractivity (Wildman–Crippen MR) is 76.3 cm³/mol. The fraction of sp³-hybridized carbons (Fsp3) is 0.462. The standard InChI is InChI=1S/C13H17NO4S/c1-9-8-19-13-10(16)7-11(18-12(9)13)14(2)3-5-17-6-4-15/h7-8,15H,3-6H2,1-2H3. The molecule has 0 bridgehead atoms. The first kappa shape index (κ1) is 14.0. The Hall–Kier alpha value is -1.37. The van der Waals surface area contributed by atoms with Crippen molar-refractivity contribution in [3.63, 3.8) is 0 Å². The number of nitrogens with zero attached hydrogens (tertiary/aromatic N) is 1. The van der Waals surface area contributed by atoms with Gasteiger partial charge in [-0.25, -0.2) is 0 Å². The highest BCUT2D eigenvalue weighted by molar-refractivity contribution is 7.17. The molecule has 0 radical (unpaired) electrons. The van der Waals surface area contributed by atoms with Crippen LogP contribution in [0, 0.1) is 6.92 Å². The lowest BCUT2D eigenvalue weighted by molar-refractivity contribution is 0.0968. The number of anilines is 1. The number of hydrogen-bond acceptors (Lipinski definition) is 6. The van der Waals surface area contributed by atoms with Gasteiger partial charge in [-0.2, -0.15) is 0 Å². The number of thiophene rings is 1. The molecule has 2 heterocycles. The van der Waals surface area contributed by atoms with E-state index in [0.29, 0.717) is 35.9 Å². The van der Waals surface area contributed by atoms with Crippen LogP contribution < -0.4 is 10.3 Å². The lowest BCUT2D eigenvalue weighted by Crippen LogP contribution is -2.24. The van der Waals surface area contributed by atoms with Crippen molar-refractivity contribution in [3.05, 3.63) is 27.2 Å². The van der Waals surface area contributed by atoms with Crippen molar-refractivity contribution in [1.82, 2.24) is 0 Å². The van der Waals surface area contributed by atoms with Gasteiger partial charge in [0, 0.05) is 25.2 Å². The van der Waals surface area contributed by atoms with E-state index in [1.165, 1.54) is 17.4 Å². The molecule has 104 valence electrons. The fourth-order valence-electron chi connectivity index (χ4n) is 1.71. The number of ether oxygens (including phenoxy) is 1. The van der Waals surface area contributed by atoms with Crippen molar-refractivity contribution < 1.29 is 14.3 Å². The van der Waals surface area contributed by atoms with Gasteiger partial charge in [0.15, 0.2) is 11.5 Å². The molecule has 2 aromatic heterocycles. The van der Waals surface area contributed by atoms with E-state index in [1.54, 1.807) is 0 Å². The first-order valence-electron chi connectivity index (χ1n) is 6.05. The van der Waals surface area contributed by atoms with E-state index < -0.39 is 0 Å². The van der Waals surface area contributed by atoms with Crippen LogP contribution in [0.2, 0.25) is 0 Å². The normalized spacial score (nSPS) is 11.1. The average Bonchev–Trinajstić information content (AvgIpc) is 2.77. The Kier molecular flexibility index (Phi) is 4.57. The molecule has 0 aromatic carbocycles. The Balaban J connectivity index is 2.15.